The molecule has 0 atom stereocenters. The number of oxazole rings is 1. The number of nitrogens with one attached hydrogen (secondary N) is 1. The van der Waals surface area contributed by atoms with Gasteiger partial charge in [0, 0.05) is 12.1 Å². The van der Waals surface area contributed by atoms with E-state index in [1.165, 1.54) is 30.7 Å². The second kappa shape index (κ2) is 5.75. The molecule has 1 amide bonds. The van der Waals surface area contributed by atoms with E-state index in [0.29, 0.717) is 18.5 Å². The Balaban J connectivity index is 1.57. The van der Waals surface area contributed by atoms with Crippen LogP contribution in [0.25, 0.3) is 11.1 Å². The first kappa shape index (κ1) is 13.3. The Labute approximate surface area is 120 Å². The van der Waals surface area contributed by atoms with E-state index in [-0.39, 0.29) is 11.7 Å². The molecular weight excluding hydrogens is 271 g/mol. The zero-order valence-electron chi connectivity index (χ0n) is 11.2. The van der Waals surface area contributed by atoms with Crippen LogP contribution in [0, 0.1) is 5.82 Å². The third-order valence-electron chi connectivity index (χ3n) is 3.20. The molecule has 21 heavy (non-hydrogen) atoms. The van der Waals surface area contributed by atoms with Gasteiger partial charge >= 0.3 is 0 Å². The normalized spacial score (nSPS) is 10.7. The van der Waals surface area contributed by atoms with Crippen molar-refractivity contribution in [3.8, 4) is 0 Å². The number of rotatable bonds is 4. The van der Waals surface area contributed by atoms with E-state index in [1.54, 1.807) is 0 Å². The molecule has 3 rings (SSSR count). The molecule has 2 aromatic carbocycles. The number of amides is 1. The molecule has 1 N–H and O–H groups in total. The van der Waals surface area contributed by atoms with Crippen molar-refractivity contribution < 1.29 is 13.6 Å². The fraction of sp³-hybridized carbons (Fsp3) is 0.125. The first-order chi connectivity index (χ1) is 10.2. The summed E-state index contributed by atoms with van der Waals surface area (Å²) in [5, 5.41) is 2.80. The van der Waals surface area contributed by atoms with Crippen LogP contribution in [0.4, 0.5) is 4.39 Å². The summed E-state index contributed by atoms with van der Waals surface area (Å²) in [4.78, 5) is 15.9. The van der Waals surface area contributed by atoms with Gasteiger partial charge < -0.3 is 9.73 Å². The average molecular weight is 284 g/mol. The molecule has 5 heteroatoms. The summed E-state index contributed by atoms with van der Waals surface area (Å²) in [5.74, 6) is -0.565. The SMILES string of the molecule is O=C(NCCc1ccc2ocnc2c1)c1ccc(F)cc1. The largest absolute Gasteiger partial charge is 0.443 e. The van der Waals surface area contributed by atoms with Gasteiger partial charge in [0.15, 0.2) is 12.0 Å². The molecule has 0 fully saturated rings. The molecule has 0 aliphatic rings. The summed E-state index contributed by atoms with van der Waals surface area (Å²) in [6.45, 7) is 0.500. The smallest absolute Gasteiger partial charge is 0.251 e. The first-order valence-electron chi connectivity index (χ1n) is 6.58. The highest BCUT2D eigenvalue weighted by Gasteiger charge is 2.05. The molecule has 106 valence electrons. The van der Waals surface area contributed by atoms with Crippen molar-refractivity contribution in [2.45, 2.75) is 6.42 Å². The van der Waals surface area contributed by atoms with Crippen molar-refractivity contribution in [3.05, 3.63) is 65.8 Å². The average Bonchev–Trinajstić information content (AvgIpc) is 2.95. The Morgan fingerprint density at radius 3 is 2.81 bits per heavy atom. The highest BCUT2D eigenvalue weighted by Crippen LogP contribution is 2.14. The summed E-state index contributed by atoms with van der Waals surface area (Å²) in [6, 6.07) is 11.2. The van der Waals surface area contributed by atoms with Crippen LogP contribution in [-0.2, 0) is 6.42 Å². The van der Waals surface area contributed by atoms with Crippen LogP contribution in [0.3, 0.4) is 0 Å². The van der Waals surface area contributed by atoms with Gasteiger partial charge in [0.25, 0.3) is 5.91 Å². The Hall–Kier alpha value is -2.69. The highest BCUT2D eigenvalue weighted by atomic mass is 19.1. The van der Waals surface area contributed by atoms with Gasteiger partial charge in [-0.2, -0.15) is 0 Å². The molecule has 0 aliphatic heterocycles. The van der Waals surface area contributed by atoms with E-state index in [9.17, 15) is 9.18 Å². The Bertz CT molecular complexity index is 765. The fourth-order valence-corrected chi connectivity index (χ4v) is 2.08. The molecule has 1 heterocycles. The highest BCUT2D eigenvalue weighted by molar-refractivity contribution is 5.94. The summed E-state index contributed by atoms with van der Waals surface area (Å²) >= 11 is 0. The van der Waals surface area contributed by atoms with Crippen LogP contribution in [0.1, 0.15) is 15.9 Å². The summed E-state index contributed by atoms with van der Waals surface area (Å²) < 4.78 is 18.0. The first-order valence-corrected chi connectivity index (χ1v) is 6.58. The molecule has 0 radical (unpaired) electrons. The molecule has 0 saturated heterocycles. The topological polar surface area (TPSA) is 55.1 Å². The Kier molecular flexibility index (Phi) is 3.64. The van der Waals surface area contributed by atoms with Crippen LogP contribution >= 0.6 is 0 Å². The van der Waals surface area contributed by atoms with E-state index in [1.807, 2.05) is 18.2 Å². The van der Waals surface area contributed by atoms with Crippen molar-refractivity contribution in [1.29, 1.82) is 0 Å². The van der Waals surface area contributed by atoms with E-state index in [2.05, 4.69) is 10.3 Å². The molecule has 3 aromatic rings. The number of aromatic nitrogens is 1. The Morgan fingerprint density at radius 2 is 2.00 bits per heavy atom. The maximum Gasteiger partial charge on any atom is 0.251 e. The van der Waals surface area contributed by atoms with Crippen molar-refractivity contribution in [2.24, 2.45) is 0 Å². The molecule has 0 unspecified atom stereocenters. The number of nitrogens with zero attached hydrogens (tertiary/aromatic N) is 1. The molecule has 0 aliphatic carbocycles. The van der Waals surface area contributed by atoms with Crippen molar-refractivity contribution in [1.82, 2.24) is 10.3 Å². The van der Waals surface area contributed by atoms with Gasteiger partial charge in [0.05, 0.1) is 0 Å². The molecular formula is C16H13FN2O2. The maximum atomic E-state index is 12.8. The number of halogens is 1. The number of carbonyl (C=O) groups excluding carboxylic acids is 1. The third kappa shape index (κ3) is 3.08. The predicted molar refractivity (Wildman–Crippen MR) is 76.4 cm³/mol. The lowest BCUT2D eigenvalue weighted by molar-refractivity contribution is 0.0954. The second-order valence-corrected chi connectivity index (χ2v) is 4.67. The van der Waals surface area contributed by atoms with Crippen LogP contribution in [0.5, 0.6) is 0 Å². The standard InChI is InChI=1S/C16H13FN2O2/c17-13-4-2-12(3-5-13)16(20)18-8-7-11-1-6-15-14(9-11)19-10-21-15/h1-6,9-10H,7-8H2,(H,18,20). The van der Waals surface area contributed by atoms with Gasteiger partial charge in [-0.3, -0.25) is 4.79 Å². The van der Waals surface area contributed by atoms with Crippen LogP contribution in [0.15, 0.2) is 53.3 Å². The Morgan fingerprint density at radius 1 is 1.19 bits per heavy atom. The van der Waals surface area contributed by atoms with Gasteiger partial charge in [-0.05, 0) is 48.4 Å². The van der Waals surface area contributed by atoms with Crippen LogP contribution in [-0.4, -0.2) is 17.4 Å². The lowest BCUT2D eigenvalue weighted by Crippen LogP contribution is -2.25. The van der Waals surface area contributed by atoms with Gasteiger partial charge in [-0.25, -0.2) is 9.37 Å². The van der Waals surface area contributed by atoms with Gasteiger partial charge in [-0.15, -0.1) is 0 Å². The van der Waals surface area contributed by atoms with E-state index >= 15 is 0 Å². The zero-order valence-corrected chi connectivity index (χ0v) is 11.2. The number of fused-ring (bicyclic) bond motifs is 1. The quantitative estimate of drug-likeness (QED) is 0.801. The van der Waals surface area contributed by atoms with Crippen LogP contribution < -0.4 is 5.32 Å². The molecule has 4 nitrogen and oxygen atoms in total. The maximum absolute atomic E-state index is 12.8. The van der Waals surface area contributed by atoms with E-state index in [4.69, 9.17) is 4.42 Å². The number of hydrogen-bond acceptors (Lipinski definition) is 3. The van der Waals surface area contributed by atoms with E-state index < -0.39 is 0 Å². The predicted octanol–water partition coefficient (Wildman–Crippen LogP) is 2.94. The molecule has 0 spiro atoms. The number of carbonyl (C=O) groups is 1. The summed E-state index contributed by atoms with van der Waals surface area (Å²) in [5.41, 5.74) is 3.06. The van der Waals surface area contributed by atoms with Gasteiger partial charge in [0.2, 0.25) is 0 Å². The minimum atomic E-state index is -0.354. The third-order valence-corrected chi connectivity index (χ3v) is 3.20. The molecule has 0 saturated carbocycles. The molecule has 1 aromatic heterocycles. The van der Waals surface area contributed by atoms with Crippen molar-refractivity contribution in [3.63, 3.8) is 0 Å². The number of benzene rings is 2. The fourth-order valence-electron chi connectivity index (χ4n) is 2.08. The zero-order chi connectivity index (χ0) is 14.7. The monoisotopic (exact) mass is 284 g/mol. The number of hydrogen-bond donors (Lipinski definition) is 1. The second-order valence-electron chi connectivity index (χ2n) is 4.67. The van der Waals surface area contributed by atoms with Gasteiger partial charge in [0.1, 0.15) is 11.3 Å². The summed E-state index contributed by atoms with van der Waals surface area (Å²) in [6.07, 6.45) is 2.10. The summed E-state index contributed by atoms with van der Waals surface area (Å²) in [7, 11) is 0. The van der Waals surface area contributed by atoms with E-state index in [0.717, 1.165) is 16.7 Å². The van der Waals surface area contributed by atoms with Crippen molar-refractivity contribution in [2.75, 3.05) is 6.54 Å². The minimum absolute atomic E-state index is 0.211. The van der Waals surface area contributed by atoms with Gasteiger partial charge in [-0.1, -0.05) is 6.07 Å². The molecule has 0 bridgehead atoms. The minimum Gasteiger partial charge on any atom is -0.443 e. The van der Waals surface area contributed by atoms with Crippen LogP contribution in [0.2, 0.25) is 0 Å². The lowest BCUT2D eigenvalue weighted by Gasteiger charge is -2.05. The lowest BCUT2D eigenvalue weighted by atomic mass is 10.1. The van der Waals surface area contributed by atoms with Crippen molar-refractivity contribution >= 4 is 17.0 Å².